The summed E-state index contributed by atoms with van der Waals surface area (Å²) < 4.78 is 5.06. The van der Waals surface area contributed by atoms with Crippen molar-refractivity contribution >= 4 is 11.9 Å². The first kappa shape index (κ1) is 18.6. The van der Waals surface area contributed by atoms with E-state index in [1.165, 1.54) is 18.9 Å². The summed E-state index contributed by atoms with van der Waals surface area (Å²) in [5.74, 6) is -1.19. The van der Waals surface area contributed by atoms with Crippen LogP contribution in [0.25, 0.3) is 0 Å². The Balaban J connectivity index is 5.17. The van der Waals surface area contributed by atoms with E-state index < -0.39 is 18.1 Å². The van der Waals surface area contributed by atoms with Crippen LogP contribution in [-0.2, 0) is 14.3 Å². The number of carbonyl (C=O) groups excluding carboxylic acids is 1. The third-order valence-electron chi connectivity index (χ3n) is 3.40. The minimum absolute atomic E-state index is 0.0725. The Morgan fingerprint density at radius 1 is 1.30 bits per heavy atom. The van der Waals surface area contributed by atoms with E-state index in [9.17, 15) is 9.59 Å². The third kappa shape index (κ3) is 4.94. The fourth-order valence-corrected chi connectivity index (χ4v) is 1.81. The van der Waals surface area contributed by atoms with Crippen molar-refractivity contribution in [2.24, 2.45) is 11.7 Å². The number of methoxy groups -OCH3 is 1. The number of rotatable bonds is 7. The number of hydrogen-bond acceptors (Lipinski definition) is 4. The summed E-state index contributed by atoms with van der Waals surface area (Å²) in [4.78, 5) is 24.7. The molecule has 0 aromatic heterocycles. The summed E-state index contributed by atoms with van der Waals surface area (Å²) in [7, 11) is 3.12. The van der Waals surface area contributed by atoms with Gasteiger partial charge in [-0.3, -0.25) is 4.79 Å². The molecule has 0 bridgehead atoms. The molecule has 3 atom stereocenters. The largest absolute Gasteiger partial charge is 0.478 e. The van der Waals surface area contributed by atoms with Gasteiger partial charge in [0.2, 0.25) is 5.91 Å². The van der Waals surface area contributed by atoms with Crippen LogP contribution in [0.5, 0.6) is 0 Å². The number of aliphatic carboxylic acids is 1. The molecular formula is C14H26N2O4. The Morgan fingerprint density at radius 3 is 2.15 bits per heavy atom. The molecule has 0 aromatic carbocycles. The van der Waals surface area contributed by atoms with Crippen LogP contribution in [0.3, 0.4) is 0 Å². The van der Waals surface area contributed by atoms with Gasteiger partial charge in [-0.1, -0.05) is 19.9 Å². The Kier molecular flexibility index (Phi) is 7.45. The number of nitrogens with zero attached hydrogens (tertiary/aromatic N) is 1. The quantitative estimate of drug-likeness (QED) is 0.677. The molecule has 0 spiro atoms. The highest BCUT2D eigenvalue weighted by Gasteiger charge is 2.29. The average Bonchev–Trinajstić information content (AvgIpc) is 2.40. The van der Waals surface area contributed by atoms with Gasteiger partial charge in [-0.2, -0.15) is 0 Å². The lowest BCUT2D eigenvalue weighted by atomic mass is 9.99. The minimum atomic E-state index is -0.994. The van der Waals surface area contributed by atoms with E-state index in [0.29, 0.717) is 0 Å². The zero-order valence-corrected chi connectivity index (χ0v) is 13.1. The normalized spacial score (nSPS) is 16.7. The first-order valence-corrected chi connectivity index (χ1v) is 6.60. The molecule has 0 unspecified atom stereocenters. The highest BCUT2D eigenvalue weighted by Crippen LogP contribution is 2.15. The van der Waals surface area contributed by atoms with E-state index in [-0.39, 0.29) is 23.4 Å². The van der Waals surface area contributed by atoms with Crippen molar-refractivity contribution in [3.05, 3.63) is 11.6 Å². The molecule has 0 saturated carbocycles. The molecule has 0 aliphatic carbocycles. The molecule has 0 saturated heterocycles. The lowest BCUT2D eigenvalue weighted by Gasteiger charge is -2.32. The summed E-state index contributed by atoms with van der Waals surface area (Å²) in [5, 5.41) is 8.95. The maximum absolute atomic E-state index is 12.3. The third-order valence-corrected chi connectivity index (χ3v) is 3.40. The van der Waals surface area contributed by atoms with Crippen LogP contribution >= 0.6 is 0 Å². The van der Waals surface area contributed by atoms with Crippen LogP contribution in [0, 0.1) is 5.92 Å². The maximum Gasteiger partial charge on any atom is 0.331 e. The summed E-state index contributed by atoms with van der Waals surface area (Å²) in [6.45, 7) is 7.07. The van der Waals surface area contributed by atoms with Crippen molar-refractivity contribution in [2.45, 2.75) is 45.9 Å². The number of nitrogens with two attached hydrogens (primary N) is 1. The lowest BCUT2D eigenvalue weighted by molar-refractivity contribution is -0.136. The molecule has 116 valence electrons. The van der Waals surface area contributed by atoms with Gasteiger partial charge >= 0.3 is 5.97 Å². The van der Waals surface area contributed by atoms with Gasteiger partial charge in [0, 0.05) is 19.7 Å². The molecule has 6 heteroatoms. The summed E-state index contributed by atoms with van der Waals surface area (Å²) in [5.41, 5.74) is 6.05. The molecule has 1 amide bonds. The Labute approximate surface area is 120 Å². The van der Waals surface area contributed by atoms with Crippen LogP contribution in [-0.4, -0.2) is 54.2 Å². The highest BCUT2D eigenvalue weighted by atomic mass is 16.5. The smallest absolute Gasteiger partial charge is 0.331 e. The highest BCUT2D eigenvalue weighted by molar-refractivity contribution is 5.86. The number of ether oxygens (including phenoxy) is 1. The van der Waals surface area contributed by atoms with Crippen molar-refractivity contribution in [3.63, 3.8) is 0 Å². The molecule has 0 aliphatic heterocycles. The van der Waals surface area contributed by atoms with Gasteiger partial charge < -0.3 is 20.5 Å². The van der Waals surface area contributed by atoms with Crippen LogP contribution in [0.1, 0.15) is 27.7 Å². The summed E-state index contributed by atoms with van der Waals surface area (Å²) >= 11 is 0. The van der Waals surface area contributed by atoms with Crippen LogP contribution < -0.4 is 5.73 Å². The molecule has 0 aromatic rings. The van der Waals surface area contributed by atoms with Crippen molar-refractivity contribution in [3.8, 4) is 0 Å². The summed E-state index contributed by atoms with van der Waals surface area (Å²) in [6, 6.07) is -1.10. The number of carboxylic acids is 1. The van der Waals surface area contributed by atoms with E-state index in [1.54, 1.807) is 20.0 Å². The van der Waals surface area contributed by atoms with Gasteiger partial charge in [-0.05, 0) is 19.8 Å². The van der Waals surface area contributed by atoms with E-state index in [0.717, 1.165) is 0 Å². The fourth-order valence-electron chi connectivity index (χ4n) is 1.81. The predicted molar refractivity (Wildman–Crippen MR) is 77.2 cm³/mol. The SMILES string of the molecule is CO[C@@H](C)[C@H](N)C(=O)N(C)[C@H](/C=C(\C)C(=O)O)C(C)C. The zero-order chi connectivity index (χ0) is 16.0. The second-order valence-corrected chi connectivity index (χ2v) is 5.31. The van der Waals surface area contributed by atoms with Crippen molar-refractivity contribution in [1.82, 2.24) is 4.90 Å². The monoisotopic (exact) mass is 286 g/mol. The van der Waals surface area contributed by atoms with Crippen LogP contribution in [0.4, 0.5) is 0 Å². The number of carbonyl (C=O) groups is 2. The second-order valence-electron chi connectivity index (χ2n) is 5.31. The van der Waals surface area contributed by atoms with Crippen molar-refractivity contribution < 1.29 is 19.4 Å². The minimum Gasteiger partial charge on any atom is -0.478 e. The molecule has 0 heterocycles. The first-order chi connectivity index (χ1) is 9.13. The van der Waals surface area contributed by atoms with Crippen molar-refractivity contribution in [2.75, 3.05) is 14.2 Å². The molecular weight excluding hydrogens is 260 g/mol. The van der Waals surface area contributed by atoms with Gasteiger partial charge in [0.25, 0.3) is 0 Å². The van der Waals surface area contributed by atoms with Gasteiger partial charge in [0.1, 0.15) is 6.04 Å². The molecule has 0 aliphatic rings. The van der Waals surface area contributed by atoms with E-state index >= 15 is 0 Å². The molecule has 0 rings (SSSR count). The molecule has 20 heavy (non-hydrogen) atoms. The first-order valence-electron chi connectivity index (χ1n) is 6.60. The van der Waals surface area contributed by atoms with Gasteiger partial charge in [-0.25, -0.2) is 4.79 Å². The van der Waals surface area contributed by atoms with E-state index in [1.807, 2.05) is 13.8 Å². The number of hydrogen-bond donors (Lipinski definition) is 2. The fraction of sp³-hybridized carbons (Fsp3) is 0.714. The molecule has 3 N–H and O–H groups in total. The molecule has 6 nitrogen and oxygen atoms in total. The topological polar surface area (TPSA) is 92.9 Å². The summed E-state index contributed by atoms with van der Waals surface area (Å²) in [6.07, 6.45) is 1.18. The van der Waals surface area contributed by atoms with Crippen molar-refractivity contribution in [1.29, 1.82) is 0 Å². The van der Waals surface area contributed by atoms with E-state index in [4.69, 9.17) is 15.6 Å². The van der Waals surface area contributed by atoms with Gasteiger partial charge in [-0.15, -0.1) is 0 Å². The number of amides is 1. The number of carboxylic acid groups (broad SMARTS) is 1. The number of likely N-dealkylation sites (N-methyl/N-ethyl adjacent to an activating group) is 1. The molecule has 0 radical (unpaired) electrons. The second kappa shape index (κ2) is 8.01. The Hall–Kier alpha value is -1.40. The molecule has 0 fully saturated rings. The lowest BCUT2D eigenvalue weighted by Crippen LogP contribution is -2.52. The van der Waals surface area contributed by atoms with Gasteiger partial charge in [0.05, 0.1) is 12.1 Å². The van der Waals surface area contributed by atoms with Gasteiger partial charge in [0.15, 0.2) is 0 Å². The van der Waals surface area contributed by atoms with Crippen LogP contribution in [0.15, 0.2) is 11.6 Å². The van der Waals surface area contributed by atoms with E-state index in [2.05, 4.69) is 0 Å². The maximum atomic E-state index is 12.3. The zero-order valence-electron chi connectivity index (χ0n) is 13.1. The average molecular weight is 286 g/mol. The van der Waals surface area contributed by atoms with Crippen LogP contribution in [0.2, 0.25) is 0 Å². The standard InChI is InChI=1S/C14H26N2O4/c1-8(2)11(7-9(3)14(18)19)16(5)13(17)12(15)10(4)20-6/h7-8,10-12H,15H2,1-6H3,(H,18,19)/b9-7+/t10-,11+,12-/m0/s1. The predicted octanol–water partition coefficient (Wildman–Crippen LogP) is 0.863. The Morgan fingerprint density at radius 2 is 1.80 bits per heavy atom. The Bertz CT molecular complexity index is 379.